The maximum absolute atomic E-state index is 13.0. The fourth-order valence-electron chi connectivity index (χ4n) is 2.93. The zero-order valence-corrected chi connectivity index (χ0v) is 13.4. The van der Waals surface area contributed by atoms with E-state index in [2.05, 4.69) is 10.1 Å². The molecule has 4 rings (SSSR count). The summed E-state index contributed by atoms with van der Waals surface area (Å²) in [6, 6.07) is 17.1. The van der Waals surface area contributed by atoms with Crippen molar-refractivity contribution >= 4 is 10.9 Å². The molecule has 24 heavy (non-hydrogen) atoms. The van der Waals surface area contributed by atoms with Crippen molar-refractivity contribution < 1.29 is 4.52 Å². The normalized spacial score (nSPS) is 11.1. The topological polar surface area (TPSA) is 60.9 Å². The first-order valence-electron chi connectivity index (χ1n) is 7.67. The fraction of sp³-hybridized carbons (Fsp3) is 0.105. The lowest BCUT2D eigenvalue weighted by Crippen LogP contribution is -2.22. The molecule has 5 heteroatoms. The van der Waals surface area contributed by atoms with E-state index in [-0.39, 0.29) is 5.56 Å². The molecule has 0 bridgehead atoms. The van der Waals surface area contributed by atoms with E-state index in [9.17, 15) is 4.79 Å². The van der Waals surface area contributed by atoms with Gasteiger partial charge in [0.05, 0.1) is 22.2 Å². The van der Waals surface area contributed by atoms with Gasteiger partial charge >= 0.3 is 0 Å². The molecule has 2 heterocycles. The van der Waals surface area contributed by atoms with Crippen molar-refractivity contribution in [3.8, 4) is 17.0 Å². The first-order chi connectivity index (χ1) is 11.7. The molecule has 0 N–H and O–H groups in total. The third-order valence-corrected chi connectivity index (χ3v) is 4.05. The van der Waals surface area contributed by atoms with Crippen LogP contribution in [0.25, 0.3) is 27.9 Å². The number of aryl methyl sites for hydroxylation is 2. The van der Waals surface area contributed by atoms with Gasteiger partial charge in [-0.05, 0) is 31.5 Å². The molecule has 0 aliphatic carbocycles. The lowest BCUT2D eigenvalue weighted by atomic mass is 10.1. The highest BCUT2D eigenvalue weighted by Crippen LogP contribution is 2.30. The first-order valence-corrected chi connectivity index (χ1v) is 7.67. The molecule has 0 unspecified atom stereocenters. The largest absolute Gasteiger partial charge is 0.337 e. The van der Waals surface area contributed by atoms with Crippen LogP contribution < -0.4 is 5.56 Å². The van der Waals surface area contributed by atoms with Crippen molar-refractivity contribution in [2.75, 3.05) is 0 Å². The molecule has 0 aliphatic rings. The third kappa shape index (κ3) is 2.13. The van der Waals surface area contributed by atoms with Crippen LogP contribution in [-0.4, -0.2) is 14.7 Å². The molecular weight excluding hydrogens is 302 g/mol. The minimum atomic E-state index is -0.161. The highest BCUT2D eigenvalue weighted by atomic mass is 16.5. The van der Waals surface area contributed by atoms with Crippen LogP contribution in [0.2, 0.25) is 0 Å². The molecule has 0 aliphatic heterocycles. The van der Waals surface area contributed by atoms with Gasteiger partial charge in [-0.3, -0.25) is 4.79 Å². The monoisotopic (exact) mass is 317 g/mol. The van der Waals surface area contributed by atoms with Crippen LogP contribution in [0.15, 0.2) is 63.9 Å². The second-order valence-corrected chi connectivity index (χ2v) is 5.63. The zero-order valence-electron chi connectivity index (χ0n) is 13.4. The predicted octanol–water partition coefficient (Wildman–Crippen LogP) is 3.66. The summed E-state index contributed by atoms with van der Waals surface area (Å²) < 4.78 is 7.01. The molecule has 0 radical (unpaired) electrons. The number of hydrogen-bond acceptors (Lipinski definition) is 4. The lowest BCUT2D eigenvalue weighted by molar-refractivity contribution is 0.398. The Kier molecular flexibility index (Phi) is 3.27. The van der Waals surface area contributed by atoms with Crippen LogP contribution in [0.5, 0.6) is 0 Å². The van der Waals surface area contributed by atoms with Gasteiger partial charge in [0.15, 0.2) is 0 Å². The molecule has 118 valence electrons. The second-order valence-electron chi connectivity index (χ2n) is 5.63. The Balaban J connectivity index is 2.06. The maximum atomic E-state index is 13.0. The van der Waals surface area contributed by atoms with Crippen molar-refractivity contribution in [2.45, 2.75) is 13.8 Å². The molecule has 0 saturated carbocycles. The molecule has 4 aromatic rings. The summed E-state index contributed by atoms with van der Waals surface area (Å²) in [5.74, 6) is 0.964. The smallest absolute Gasteiger partial charge is 0.268 e. The van der Waals surface area contributed by atoms with Crippen molar-refractivity contribution in [3.05, 3.63) is 76.5 Å². The van der Waals surface area contributed by atoms with Gasteiger partial charge in [-0.15, -0.1) is 0 Å². The average Bonchev–Trinajstić information content (AvgIpc) is 2.97. The standard InChI is InChI=1S/C19H15N3O2/c1-12-17(14-8-4-3-5-9-14)19(24-21-12)22-13(2)20-16-11-7-6-10-15(16)18(22)23/h3-11H,1-2H3. The molecule has 2 aromatic heterocycles. The van der Waals surface area contributed by atoms with Crippen LogP contribution in [0, 0.1) is 13.8 Å². The van der Waals surface area contributed by atoms with Gasteiger partial charge in [0, 0.05) is 0 Å². The van der Waals surface area contributed by atoms with E-state index in [1.807, 2.05) is 55.5 Å². The quantitative estimate of drug-likeness (QED) is 0.566. The number of nitrogens with zero attached hydrogens (tertiary/aromatic N) is 3. The van der Waals surface area contributed by atoms with Gasteiger partial charge in [-0.25, -0.2) is 9.55 Å². The molecule has 0 atom stereocenters. The van der Waals surface area contributed by atoms with Gasteiger partial charge in [0.1, 0.15) is 5.82 Å². The molecule has 2 aromatic carbocycles. The number of rotatable bonds is 2. The van der Waals surface area contributed by atoms with E-state index in [0.717, 1.165) is 16.8 Å². The fourth-order valence-corrected chi connectivity index (χ4v) is 2.93. The van der Waals surface area contributed by atoms with Crippen LogP contribution >= 0.6 is 0 Å². The third-order valence-electron chi connectivity index (χ3n) is 4.05. The molecule has 5 nitrogen and oxygen atoms in total. The van der Waals surface area contributed by atoms with E-state index in [0.29, 0.717) is 22.6 Å². The lowest BCUT2D eigenvalue weighted by Gasteiger charge is -2.09. The Hall–Kier alpha value is -3.21. The Labute approximate surface area is 138 Å². The van der Waals surface area contributed by atoms with E-state index in [1.54, 1.807) is 13.0 Å². The molecule has 0 saturated heterocycles. The van der Waals surface area contributed by atoms with Gasteiger partial charge in [0.25, 0.3) is 5.56 Å². The zero-order chi connectivity index (χ0) is 16.7. The summed E-state index contributed by atoms with van der Waals surface area (Å²) in [5, 5.41) is 4.62. The number of hydrogen-bond donors (Lipinski definition) is 0. The Morgan fingerprint density at radius 3 is 2.46 bits per heavy atom. The van der Waals surface area contributed by atoms with E-state index < -0.39 is 0 Å². The summed E-state index contributed by atoms with van der Waals surface area (Å²) in [4.78, 5) is 17.5. The average molecular weight is 317 g/mol. The molecular formula is C19H15N3O2. The number of fused-ring (bicyclic) bond motifs is 1. The molecule has 0 fully saturated rings. The number of aromatic nitrogens is 3. The summed E-state index contributed by atoms with van der Waals surface area (Å²) in [6.45, 7) is 3.66. The second kappa shape index (κ2) is 5.45. The minimum Gasteiger partial charge on any atom is -0.337 e. The summed E-state index contributed by atoms with van der Waals surface area (Å²) in [7, 11) is 0. The van der Waals surface area contributed by atoms with Gasteiger partial charge < -0.3 is 4.52 Å². The Morgan fingerprint density at radius 2 is 1.67 bits per heavy atom. The van der Waals surface area contributed by atoms with E-state index in [4.69, 9.17) is 4.52 Å². The van der Waals surface area contributed by atoms with Gasteiger partial charge in [-0.1, -0.05) is 47.6 Å². The van der Waals surface area contributed by atoms with E-state index in [1.165, 1.54) is 4.57 Å². The van der Waals surface area contributed by atoms with E-state index >= 15 is 0 Å². The maximum Gasteiger partial charge on any atom is 0.268 e. The van der Waals surface area contributed by atoms with Crippen molar-refractivity contribution in [1.82, 2.24) is 14.7 Å². The number of benzene rings is 2. The summed E-state index contributed by atoms with van der Waals surface area (Å²) >= 11 is 0. The van der Waals surface area contributed by atoms with Crippen LogP contribution in [0.1, 0.15) is 11.5 Å². The minimum absolute atomic E-state index is 0.161. The Bertz CT molecular complexity index is 1090. The van der Waals surface area contributed by atoms with Crippen molar-refractivity contribution in [1.29, 1.82) is 0 Å². The van der Waals surface area contributed by atoms with Crippen LogP contribution in [-0.2, 0) is 0 Å². The van der Waals surface area contributed by atoms with Crippen molar-refractivity contribution in [3.63, 3.8) is 0 Å². The van der Waals surface area contributed by atoms with Gasteiger partial charge in [0.2, 0.25) is 5.88 Å². The highest BCUT2D eigenvalue weighted by Gasteiger charge is 2.20. The number of para-hydroxylation sites is 1. The molecule has 0 spiro atoms. The van der Waals surface area contributed by atoms with Gasteiger partial charge in [-0.2, -0.15) is 0 Å². The summed E-state index contributed by atoms with van der Waals surface area (Å²) in [6.07, 6.45) is 0. The molecule has 0 amide bonds. The first kappa shape index (κ1) is 14.4. The highest BCUT2D eigenvalue weighted by molar-refractivity contribution is 5.79. The summed E-state index contributed by atoms with van der Waals surface area (Å²) in [5.41, 5.74) is 3.00. The Morgan fingerprint density at radius 1 is 0.958 bits per heavy atom. The van der Waals surface area contributed by atoms with Crippen LogP contribution in [0.3, 0.4) is 0 Å². The van der Waals surface area contributed by atoms with Crippen LogP contribution in [0.4, 0.5) is 0 Å². The predicted molar refractivity (Wildman–Crippen MR) is 92.3 cm³/mol. The SMILES string of the molecule is Cc1noc(-n2c(C)nc3ccccc3c2=O)c1-c1ccccc1. The van der Waals surface area contributed by atoms with Crippen molar-refractivity contribution in [2.24, 2.45) is 0 Å².